The van der Waals surface area contributed by atoms with Crippen LogP contribution in [-0.2, 0) is 9.68 Å². The lowest BCUT2D eigenvalue weighted by Crippen LogP contribution is -2.25. The fourth-order valence-electron chi connectivity index (χ4n) is 1.24. The van der Waals surface area contributed by atoms with Crippen LogP contribution >= 0.6 is 0 Å². The molecule has 2 unspecified atom stereocenters. The van der Waals surface area contributed by atoms with Crippen molar-refractivity contribution in [3.63, 3.8) is 0 Å². The molecular weight excluding hydrogens is 148 g/mol. The molecular formula is C7H11O4. The lowest BCUT2D eigenvalue weighted by Gasteiger charge is -2.22. The Morgan fingerprint density at radius 1 is 1.55 bits per heavy atom. The highest BCUT2D eigenvalue weighted by molar-refractivity contribution is 5.70. The Morgan fingerprint density at radius 3 is 2.64 bits per heavy atom. The standard InChI is InChI=1S/C7H11O4/c8-7(9)5-1-3-6(11-10)4-2-5/h3,5-6,10H,1-2,4H2,(H,8,9). The first kappa shape index (κ1) is 8.49. The highest BCUT2D eigenvalue weighted by atomic mass is 17.1. The minimum absolute atomic E-state index is 0.273. The van der Waals surface area contributed by atoms with Crippen molar-refractivity contribution in [2.75, 3.05) is 0 Å². The summed E-state index contributed by atoms with van der Waals surface area (Å²) in [5, 5.41) is 16.8. The molecule has 0 bridgehead atoms. The SMILES string of the molecule is O=C(O)C1C[CH]C(OO)CC1. The molecule has 1 saturated carbocycles. The van der Waals surface area contributed by atoms with Gasteiger partial charge in [0.25, 0.3) is 0 Å². The van der Waals surface area contributed by atoms with E-state index in [1.54, 1.807) is 6.42 Å². The molecule has 0 aromatic heterocycles. The molecule has 0 saturated heterocycles. The molecule has 1 fully saturated rings. The summed E-state index contributed by atoms with van der Waals surface area (Å²) >= 11 is 0. The number of aliphatic carboxylic acids is 1. The van der Waals surface area contributed by atoms with Gasteiger partial charge in [0, 0.05) is 0 Å². The van der Waals surface area contributed by atoms with Gasteiger partial charge >= 0.3 is 5.97 Å². The molecule has 1 radical (unpaired) electrons. The first-order valence-corrected chi connectivity index (χ1v) is 3.60. The van der Waals surface area contributed by atoms with Crippen LogP contribution in [0, 0.1) is 12.3 Å². The van der Waals surface area contributed by atoms with Gasteiger partial charge in [-0.2, -0.15) is 0 Å². The predicted molar refractivity (Wildman–Crippen MR) is 36.8 cm³/mol. The third-order valence-corrected chi connectivity index (χ3v) is 1.97. The van der Waals surface area contributed by atoms with E-state index in [0.29, 0.717) is 19.3 Å². The number of hydrogen-bond donors (Lipinski definition) is 2. The molecule has 0 heterocycles. The van der Waals surface area contributed by atoms with Gasteiger partial charge in [-0.3, -0.25) is 10.1 Å². The zero-order chi connectivity index (χ0) is 8.27. The second-order valence-corrected chi connectivity index (χ2v) is 2.73. The summed E-state index contributed by atoms with van der Waals surface area (Å²) in [6.07, 6.45) is 3.08. The van der Waals surface area contributed by atoms with Crippen LogP contribution < -0.4 is 0 Å². The van der Waals surface area contributed by atoms with Crippen LogP contribution in [0.25, 0.3) is 0 Å². The summed E-state index contributed by atoms with van der Waals surface area (Å²) in [6.45, 7) is 0. The van der Waals surface area contributed by atoms with Crippen molar-refractivity contribution in [2.24, 2.45) is 5.92 Å². The Kier molecular flexibility index (Phi) is 2.84. The Bertz CT molecular complexity index is 137. The lowest BCUT2D eigenvalue weighted by molar-refractivity contribution is -0.274. The second kappa shape index (κ2) is 3.69. The zero-order valence-corrected chi connectivity index (χ0v) is 6.06. The van der Waals surface area contributed by atoms with Crippen LogP contribution in [0.5, 0.6) is 0 Å². The van der Waals surface area contributed by atoms with E-state index >= 15 is 0 Å². The molecule has 0 aliphatic heterocycles. The molecule has 2 N–H and O–H groups in total. The average molecular weight is 159 g/mol. The maximum atomic E-state index is 10.4. The Hall–Kier alpha value is -0.610. The van der Waals surface area contributed by atoms with Crippen LogP contribution in [0.2, 0.25) is 0 Å². The van der Waals surface area contributed by atoms with Gasteiger partial charge < -0.3 is 5.11 Å². The quantitative estimate of drug-likeness (QED) is 0.464. The highest BCUT2D eigenvalue weighted by Gasteiger charge is 2.26. The van der Waals surface area contributed by atoms with E-state index in [2.05, 4.69) is 4.89 Å². The van der Waals surface area contributed by atoms with Crippen LogP contribution in [-0.4, -0.2) is 22.4 Å². The fraction of sp³-hybridized carbons (Fsp3) is 0.714. The van der Waals surface area contributed by atoms with Gasteiger partial charge in [-0.25, -0.2) is 4.89 Å². The smallest absolute Gasteiger partial charge is 0.306 e. The average Bonchev–Trinajstić information content (AvgIpc) is 2.05. The molecule has 0 aromatic carbocycles. The van der Waals surface area contributed by atoms with Gasteiger partial charge in [0.2, 0.25) is 0 Å². The molecule has 0 amide bonds. The maximum absolute atomic E-state index is 10.4. The van der Waals surface area contributed by atoms with Crippen molar-refractivity contribution in [2.45, 2.75) is 25.4 Å². The lowest BCUT2D eigenvalue weighted by atomic mass is 9.88. The molecule has 1 rings (SSSR count). The Morgan fingerprint density at radius 2 is 2.27 bits per heavy atom. The van der Waals surface area contributed by atoms with Crippen molar-refractivity contribution in [1.29, 1.82) is 0 Å². The molecule has 0 aromatic rings. The summed E-state index contributed by atoms with van der Waals surface area (Å²) in [7, 11) is 0. The van der Waals surface area contributed by atoms with E-state index in [4.69, 9.17) is 10.4 Å². The highest BCUT2D eigenvalue weighted by Crippen LogP contribution is 2.24. The molecule has 1 aliphatic carbocycles. The molecule has 11 heavy (non-hydrogen) atoms. The number of carboxylic acid groups (broad SMARTS) is 1. The third-order valence-electron chi connectivity index (χ3n) is 1.97. The zero-order valence-electron chi connectivity index (χ0n) is 6.06. The van der Waals surface area contributed by atoms with Crippen LogP contribution in [0.4, 0.5) is 0 Å². The van der Waals surface area contributed by atoms with Crippen molar-refractivity contribution >= 4 is 5.97 Å². The Balaban J connectivity index is 2.30. The predicted octanol–water partition coefficient (Wildman–Crippen LogP) is 0.934. The van der Waals surface area contributed by atoms with Crippen LogP contribution in [0.1, 0.15) is 19.3 Å². The molecule has 4 heteroatoms. The number of carboxylic acids is 1. The van der Waals surface area contributed by atoms with Crippen molar-refractivity contribution in [3.8, 4) is 0 Å². The van der Waals surface area contributed by atoms with Gasteiger partial charge in [0.05, 0.1) is 12.0 Å². The first-order valence-electron chi connectivity index (χ1n) is 3.60. The molecule has 1 aliphatic rings. The van der Waals surface area contributed by atoms with Gasteiger partial charge in [0.15, 0.2) is 0 Å². The topological polar surface area (TPSA) is 66.8 Å². The van der Waals surface area contributed by atoms with Crippen molar-refractivity contribution in [3.05, 3.63) is 6.42 Å². The fourth-order valence-corrected chi connectivity index (χ4v) is 1.24. The monoisotopic (exact) mass is 159 g/mol. The van der Waals surface area contributed by atoms with Crippen molar-refractivity contribution < 1.29 is 20.0 Å². The van der Waals surface area contributed by atoms with E-state index in [0.717, 1.165) is 0 Å². The van der Waals surface area contributed by atoms with Gasteiger partial charge in [-0.1, -0.05) is 0 Å². The van der Waals surface area contributed by atoms with Gasteiger partial charge in [0.1, 0.15) is 0 Å². The molecule has 2 atom stereocenters. The largest absolute Gasteiger partial charge is 0.481 e. The second-order valence-electron chi connectivity index (χ2n) is 2.73. The summed E-state index contributed by atoms with van der Waals surface area (Å²) in [5.41, 5.74) is 0. The maximum Gasteiger partial charge on any atom is 0.306 e. The number of hydrogen-bond acceptors (Lipinski definition) is 3. The van der Waals surface area contributed by atoms with E-state index in [9.17, 15) is 4.79 Å². The first-order chi connectivity index (χ1) is 5.24. The van der Waals surface area contributed by atoms with Crippen molar-refractivity contribution in [1.82, 2.24) is 0 Å². The minimum Gasteiger partial charge on any atom is -0.481 e. The summed E-state index contributed by atoms with van der Waals surface area (Å²) < 4.78 is 0. The number of rotatable bonds is 2. The summed E-state index contributed by atoms with van der Waals surface area (Å²) in [4.78, 5) is 14.5. The Labute approximate surface area is 64.7 Å². The minimum atomic E-state index is -0.766. The van der Waals surface area contributed by atoms with Crippen LogP contribution in [0.15, 0.2) is 0 Å². The molecule has 0 spiro atoms. The van der Waals surface area contributed by atoms with Gasteiger partial charge in [-0.05, 0) is 25.7 Å². The summed E-state index contributed by atoms with van der Waals surface area (Å²) in [5.74, 6) is -1.06. The normalized spacial score (nSPS) is 31.7. The number of carbonyl (C=O) groups is 1. The van der Waals surface area contributed by atoms with E-state index < -0.39 is 5.97 Å². The van der Waals surface area contributed by atoms with E-state index in [1.165, 1.54) is 0 Å². The van der Waals surface area contributed by atoms with Gasteiger partial charge in [-0.15, -0.1) is 0 Å². The summed E-state index contributed by atoms with van der Waals surface area (Å²) in [6, 6.07) is 0. The van der Waals surface area contributed by atoms with Crippen LogP contribution in [0.3, 0.4) is 0 Å². The third kappa shape index (κ3) is 2.17. The molecule has 4 nitrogen and oxygen atoms in total. The van der Waals surface area contributed by atoms with E-state index in [-0.39, 0.29) is 12.0 Å². The molecule has 63 valence electrons. The van der Waals surface area contributed by atoms with E-state index in [1.807, 2.05) is 0 Å².